The Kier molecular flexibility index (Phi) is 6.02. The van der Waals surface area contributed by atoms with Crippen molar-refractivity contribution in [1.82, 2.24) is 15.0 Å². The van der Waals surface area contributed by atoms with Crippen LogP contribution in [0.1, 0.15) is 11.3 Å². The van der Waals surface area contributed by atoms with E-state index in [2.05, 4.69) is 15.0 Å². The smallest absolute Gasteiger partial charge is 0.410 e. The number of furan rings is 1. The number of ether oxygens (including phenoxy) is 5. The molecule has 0 bridgehead atoms. The van der Waals surface area contributed by atoms with Gasteiger partial charge >= 0.3 is 6.09 Å². The number of nitrogens with zero attached hydrogens (tertiary/aromatic N) is 3. The lowest BCUT2D eigenvalue weighted by atomic mass is 10.1. The molecule has 6 rings (SSSR count). The summed E-state index contributed by atoms with van der Waals surface area (Å²) < 4.78 is 34.2. The zero-order valence-electron chi connectivity index (χ0n) is 21.4. The van der Waals surface area contributed by atoms with Crippen LogP contribution >= 0.6 is 0 Å². The van der Waals surface area contributed by atoms with Crippen molar-refractivity contribution < 1.29 is 32.9 Å². The molecule has 3 aromatic heterocycles. The molecule has 39 heavy (non-hydrogen) atoms. The van der Waals surface area contributed by atoms with Gasteiger partial charge in [0, 0.05) is 18.1 Å². The zero-order chi connectivity index (χ0) is 27.1. The normalized spacial score (nSPS) is 14.4. The Hall–Kier alpha value is -5.06. The van der Waals surface area contributed by atoms with Crippen molar-refractivity contribution in [3.63, 3.8) is 0 Å². The number of aryl methyl sites for hydroxylation is 1. The van der Waals surface area contributed by atoms with Crippen LogP contribution in [0.15, 0.2) is 53.1 Å². The van der Waals surface area contributed by atoms with Gasteiger partial charge in [0.2, 0.25) is 11.8 Å². The second kappa shape index (κ2) is 9.67. The molecule has 5 aromatic rings. The number of fused-ring (bicyclic) bond motifs is 4. The van der Waals surface area contributed by atoms with Gasteiger partial charge in [-0.05, 0) is 48.9 Å². The van der Waals surface area contributed by atoms with Gasteiger partial charge in [-0.3, -0.25) is 0 Å². The standard InChI is InChI=1S/C28H24N4O7/c1-14-8-16(26-19(9-14)32-25(35-3)12-30-26)23-11-17-20(38-23)4-5-22-27(17)36-13-15(37-22)10-18-21(39-28(29)33)6-7-24(31-18)34-2/h4-9,11-12,15H,10,13H2,1-3H3,(H2,29,33)/t15-/m1/s1. The minimum Gasteiger partial charge on any atom is -0.485 e. The number of aromatic nitrogens is 3. The lowest BCUT2D eigenvalue weighted by Crippen LogP contribution is -2.31. The van der Waals surface area contributed by atoms with Crippen LogP contribution in [0.5, 0.6) is 29.0 Å². The van der Waals surface area contributed by atoms with Gasteiger partial charge in [-0.1, -0.05) is 0 Å². The number of methoxy groups -OCH3 is 2. The predicted octanol–water partition coefficient (Wildman–Crippen LogP) is 4.60. The number of carbonyl (C=O) groups is 1. The van der Waals surface area contributed by atoms with Crippen LogP contribution in [-0.2, 0) is 6.42 Å². The lowest BCUT2D eigenvalue weighted by Gasteiger charge is -2.27. The maximum atomic E-state index is 11.3. The van der Waals surface area contributed by atoms with Gasteiger partial charge in [0.05, 0.1) is 42.5 Å². The van der Waals surface area contributed by atoms with Crippen molar-refractivity contribution in [2.45, 2.75) is 19.4 Å². The van der Waals surface area contributed by atoms with Crippen molar-refractivity contribution in [2.24, 2.45) is 5.73 Å². The topological polar surface area (TPSA) is 141 Å². The van der Waals surface area contributed by atoms with E-state index in [0.29, 0.717) is 57.8 Å². The number of pyridine rings is 1. The summed E-state index contributed by atoms with van der Waals surface area (Å²) in [5, 5.41) is 0.773. The van der Waals surface area contributed by atoms with Gasteiger partial charge in [-0.15, -0.1) is 0 Å². The van der Waals surface area contributed by atoms with Gasteiger partial charge in [0.15, 0.2) is 17.2 Å². The fourth-order valence-electron chi connectivity index (χ4n) is 4.61. The van der Waals surface area contributed by atoms with E-state index in [4.69, 9.17) is 33.8 Å². The van der Waals surface area contributed by atoms with Crippen molar-refractivity contribution in [3.05, 3.63) is 59.9 Å². The highest BCUT2D eigenvalue weighted by Gasteiger charge is 2.27. The van der Waals surface area contributed by atoms with E-state index in [1.165, 1.54) is 7.11 Å². The SMILES string of the molecule is COc1ccc(OC(N)=O)c(C[C@@H]2COc3c(ccc4oc(-c5cc(C)cc6nc(OC)cnc56)cc34)O2)n1. The maximum absolute atomic E-state index is 11.3. The van der Waals surface area contributed by atoms with E-state index in [9.17, 15) is 4.79 Å². The third kappa shape index (κ3) is 4.58. The second-order valence-corrected chi connectivity index (χ2v) is 8.98. The Morgan fingerprint density at radius 1 is 1.08 bits per heavy atom. The third-order valence-corrected chi connectivity index (χ3v) is 6.31. The highest BCUT2D eigenvalue weighted by molar-refractivity contribution is 5.96. The molecule has 0 unspecified atom stereocenters. The van der Waals surface area contributed by atoms with E-state index in [1.54, 1.807) is 31.5 Å². The summed E-state index contributed by atoms with van der Waals surface area (Å²) in [7, 11) is 3.06. The Morgan fingerprint density at radius 2 is 1.92 bits per heavy atom. The number of carbonyl (C=O) groups excluding carboxylic acids is 1. The first kappa shape index (κ1) is 24.3. The molecule has 198 valence electrons. The molecular formula is C28H24N4O7. The van der Waals surface area contributed by atoms with Gasteiger partial charge in [0.25, 0.3) is 0 Å². The molecule has 11 heteroatoms. The number of primary amides is 1. The van der Waals surface area contributed by atoms with Crippen LogP contribution < -0.4 is 29.4 Å². The minimum absolute atomic E-state index is 0.235. The van der Waals surface area contributed by atoms with Gasteiger partial charge in [-0.2, -0.15) is 0 Å². The number of hydrogen-bond donors (Lipinski definition) is 1. The molecule has 1 atom stereocenters. The largest absolute Gasteiger partial charge is 0.485 e. The minimum atomic E-state index is -0.931. The molecule has 0 radical (unpaired) electrons. The fourth-order valence-corrected chi connectivity index (χ4v) is 4.61. The van der Waals surface area contributed by atoms with E-state index in [1.807, 2.05) is 31.2 Å². The number of hydrogen-bond acceptors (Lipinski definition) is 10. The Morgan fingerprint density at radius 3 is 2.72 bits per heavy atom. The van der Waals surface area contributed by atoms with Crippen LogP contribution in [0, 0.1) is 6.92 Å². The molecule has 4 heterocycles. The second-order valence-electron chi connectivity index (χ2n) is 8.98. The van der Waals surface area contributed by atoms with E-state index in [0.717, 1.165) is 16.5 Å². The molecule has 0 fully saturated rings. The molecule has 0 spiro atoms. The molecule has 0 saturated heterocycles. The Bertz CT molecular complexity index is 1730. The molecule has 2 N–H and O–H groups in total. The summed E-state index contributed by atoms with van der Waals surface area (Å²) in [6, 6.07) is 12.7. The molecule has 2 aromatic carbocycles. The Balaban J connectivity index is 1.32. The van der Waals surface area contributed by atoms with E-state index in [-0.39, 0.29) is 12.4 Å². The van der Waals surface area contributed by atoms with E-state index < -0.39 is 12.2 Å². The summed E-state index contributed by atoms with van der Waals surface area (Å²) in [5.41, 5.74) is 9.55. The molecular weight excluding hydrogens is 504 g/mol. The molecule has 1 aliphatic heterocycles. The number of nitrogens with two attached hydrogens (primary N) is 1. The van der Waals surface area contributed by atoms with Crippen LogP contribution in [0.25, 0.3) is 33.3 Å². The van der Waals surface area contributed by atoms with Crippen LogP contribution in [0.4, 0.5) is 4.79 Å². The summed E-state index contributed by atoms with van der Waals surface area (Å²) in [6.45, 7) is 2.23. The summed E-state index contributed by atoms with van der Waals surface area (Å²) >= 11 is 0. The average molecular weight is 529 g/mol. The quantitative estimate of drug-likeness (QED) is 0.332. The first-order chi connectivity index (χ1) is 18.9. The maximum Gasteiger partial charge on any atom is 0.410 e. The molecule has 11 nitrogen and oxygen atoms in total. The van der Waals surface area contributed by atoms with Crippen molar-refractivity contribution in [2.75, 3.05) is 20.8 Å². The van der Waals surface area contributed by atoms with Crippen LogP contribution in [-0.4, -0.2) is 48.0 Å². The molecule has 1 amide bonds. The van der Waals surface area contributed by atoms with Gasteiger partial charge < -0.3 is 33.8 Å². The van der Waals surface area contributed by atoms with Gasteiger partial charge in [0.1, 0.15) is 24.1 Å². The monoisotopic (exact) mass is 528 g/mol. The van der Waals surface area contributed by atoms with Crippen molar-refractivity contribution >= 4 is 28.1 Å². The summed E-state index contributed by atoms with van der Waals surface area (Å²) in [6.07, 6.45) is 0.548. The summed E-state index contributed by atoms with van der Waals surface area (Å²) in [4.78, 5) is 24.8. The fraction of sp³-hybridized carbons (Fsp3) is 0.214. The van der Waals surface area contributed by atoms with E-state index >= 15 is 0 Å². The lowest BCUT2D eigenvalue weighted by molar-refractivity contribution is 0.0916. The van der Waals surface area contributed by atoms with Gasteiger partial charge in [-0.25, -0.2) is 19.7 Å². The number of benzene rings is 2. The highest BCUT2D eigenvalue weighted by atomic mass is 16.6. The predicted molar refractivity (Wildman–Crippen MR) is 141 cm³/mol. The number of rotatable bonds is 6. The molecule has 1 aliphatic rings. The van der Waals surface area contributed by atoms with Crippen molar-refractivity contribution in [1.29, 1.82) is 0 Å². The Labute approximate surface area is 222 Å². The molecule has 0 aliphatic carbocycles. The average Bonchev–Trinajstić information content (AvgIpc) is 3.37. The first-order valence-corrected chi connectivity index (χ1v) is 12.1. The molecule has 0 saturated carbocycles. The van der Waals surface area contributed by atoms with Crippen LogP contribution in [0.2, 0.25) is 0 Å². The third-order valence-electron chi connectivity index (χ3n) is 6.31. The van der Waals surface area contributed by atoms with Crippen molar-refractivity contribution in [3.8, 4) is 40.3 Å². The zero-order valence-corrected chi connectivity index (χ0v) is 21.4. The first-order valence-electron chi connectivity index (χ1n) is 12.1. The van der Waals surface area contributed by atoms with Crippen LogP contribution in [0.3, 0.4) is 0 Å². The summed E-state index contributed by atoms with van der Waals surface area (Å²) in [5.74, 6) is 2.82. The highest BCUT2D eigenvalue weighted by Crippen LogP contribution is 2.43. The number of amides is 1.